The fourth-order valence-electron chi connectivity index (χ4n) is 3.11. The van der Waals surface area contributed by atoms with Gasteiger partial charge in [0.05, 0.1) is 16.8 Å². The second-order valence-corrected chi connectivity index (χ2v) is 7.77. The minimum absolute atomic E-state index is 0.233. The van der Waals surface area contributed by atoms with Crippen LogP contribution in [-0.2, 0) is 16.6 Å². The van der Waals surface area contributed by atoms with Crippen LogP contribution in [0.2, 0.25) is 0 Å². The molecular weight excluding hydrogens is 347 g/mol. The summed E-state index contributed by atoms with van der Waals surface area (Å²) in [6, 6.07) is 3.02. The zero-order valence-corrected chi connectivity index (χ0v) is 14.3. The molecule has 0 radical (unpaired) electrons. The summed E-state index contributed by atoms with van der Waals surface area (Å²) in [6.07, 6.45) is 7.04. The Morgan fingerprint density at radius 1 is 1.40 bits per heavy atom. The number of imidazole rings is 1. The Balaban J connectivity index is 1.78. The number of nitrogens with two attached hydrogens (primary N) is 1. The number of sulfonamides is 1. The normalized spacial score (nSPS) is 18.3. The Bertz CT molecular complexity index is 868. The summed E-state index contributed by atoms with van der Waals surface area (Å²) in [4.78, 5) is 18.0. The second kappa shape index (κ2) is 6.93. The van der Waals surface area contributed by atoms with Gasteiger partial charge in [0.1, 0.15) is 5.82 Å². The molecule has 2 heterocycles. The third kappa shape index (κ3) is 4.05. The molecule has 7 nitrogen and oxygen atoms in total. The Kier molecular flexibility index (Phi) is 4.87. The number of carbonyl (C=O) groups is 1. The van der Waals surface area contributed by atoms with Crippen LogP contribution >= 0.6 is 0 Å². The van der Waals surface area contributed by atoms with Crippen molar-refractivity contribution in [1.29, 1.82) is 0 Å². The predicted molar refractivity (Wildman–Crippen MR) is 88.6 cm³/mol. The van der Waals surface area contributed by atoms with Crippen molar-refractivity contribution in [2.24, 2.45) is 11.1 Å². The number of aromatic nitrogens is 2. The molecule has 1 saturated heterocycles. The molecule has 134 valence electrons. The van der Waals surface area contributed by atoms with Crippen molar-refractivity contribution in [1.82, 2.24) is 14.5 Å². The first-order valence-corrected chi connectivity index (χ1v) is 9.46. The van der Waals surface area contributed by atoms with Crippen LogP contribution in [0.25, 0.3) is 0 Å². The number of halogens is 1. The highest BCUT2D eigenvalue weighted by molar-refractivity contribution is 7.89. The van der Waals surface area contributed by atoms with Gasteiger partial charge in [0, 0.05) is 32.0 Å². The minimum Gasteiger partial charge on any atom is -0.338 e. The maximum atomic E-state index is 14.1. The van der Waals surface area contributed by atoms with Gasteiger partial charge >= 0.3 is 0 Å². The number of primary sulfonamides is 1. The smallest absolute Gasteiger partial charge is 0.256 e. The Morgan fingerprint density at radius 2 is 2.20 bits per heavy atom. The van der Waals surface area contributed by atoms with Crippen LogP contribution in [0.5, 0.6) is 0 Å². The zero-order chi connectivity index (χ0) is 18.0. The van der Waals surface area contributed by atoms with E-state index in [0.29, 0.717) is 13.1 Å². The molecule has 1 aromatic carbocycles. The van der Waals surface area contributed by atoms with E-state index in [1.807, 2.05) is 10.8 Å². The van der Waals surface area contributed by atoms with E-state index in [1.54, 1.807) is 17.4 Å². The van der Waals surface area contributed by atoms with Crippen LogP contribution < -0.4 is 5.14 Å². The maximum Gasteiger partial charge on any atom is 0.256 e. The average molecular weight is 366 g/mol. The summed E-state index contributed by atoms with van der Waals surface area (Å²) in [6.45, 7) is 1.72. The topological polar surface area (TPSA) is 98.3 Å². The maximum absolute atomic E-state index is 14.1. The van der Waals surface area contributed by atoms with Crippen LogP contribution in [0, 0.1) is 11.7 Å². The van der Waals surface area contributed by atoms with Gasteiger partial charge in [-0.25, -0.2) is 22.9 Å². The molecule has 1 amide bonds. The monoisotopic (exact) mass is 366 g/mol. The lowest BCUT2D eigenvalue weighted by Crippen LogP contribution is -2.41. The Labute approximate surface area is 145 Å². The largest absolute Gasteiger partial charge is 0.338 e. The number of benzene rings is 1. The summed E-state index contributed by atoms with van der Waals surface area (Å²) in [5, 5.41) is 5.07. The molecule has 1 aromatic heterocycles. The summed E-state index contributed by atoms with van der Waals surface area (Å²) in [5.41, 5.74) is -0.269. The minimum atomic E-state index is -4.00. The van der Waals surface area contributed by atoms with Crippen LogP contribution in [0.3, 0.4) is 0 Å². The van der Waals surface area contributed by atoms with E-state index in [-0.39, 0.29) is 16.4 Å². The second-order valence-electron chi connectivity index (χ2n) is 6.21. The van der Waals surface area contributed by atoms with Gasteiger partial charge in [-0.05, 0) is 37.0 Å². The van der Waals surface area contributed by atoms with Crippen LogP contribution in [0.1, 0.15) is 23.2 Å². The molecule has 1 atom stereocenters. The molecule has 0 bridgehead atoms. The number of hydrogen-bond donors (Lipinski definition) is 1. The van der Waals surface area contributed by atoms with E-state index in [2.05, 4.69) is 4.98 Å². The molecule has 25 heavy (non-hydrogen) atoms. The predicted octanol–water partition coefficient (Wildman–Crippen LogP) is 1.22. The number of likely N-dealkylation sites (tertiary alicyclic amines) is 1. The summed E-state index contributed by atoms with van der Waals surface area (Å²) < 4.78 is 38.9. The van der Waals surface area contributed by atoms with E-state index in [1.165, 1.54) is 0 Å². The number of carbonyl (C=O) groups excluding carboxylic acids is 1. The number of nitrogens with zero attached hydrogens (tertiary/aromatic N) is 3. The highest BCUT2D eigenvalue weighted by Gasteiger charge is 2.27. The molecule has 9 heteroatoms. The van der Waals surface area contributed by atoms with Crippen molar-refractivity contribution in [2.45, 2.75) is 24.3 Å². The third-order valence-corrected chi connectivity index (χ3v) is 5.24. The van der Waals surface area contributed by atoms with E-state index < -0.39 is 21.7 Å². The summed E-state index contributed by atoms with van der Waals surface area (Å²) in [5.74, 6) is -1.04. The number of hydrogen-bond acceptors (Lipinski definition) is 4. The van der Waals surface area contributed by atoms with Gasteiger partial charge in [0.25, 0.3) is 5.91 Å². The van der Waals surface area contributed by atoms with E-state index in [4.69, 9.17) is 5.14 Å². The van der Waals surface area contributed by atoms with Crippen LogP contribution in [0.4, 0.5) is 4.39 Å². The van der Waals surface area contributed by atoms with Crippen molar-refractivity contribution >= 4 is 15.9 Å². The van der Waals surface area contributed by atoms with Gasteiger partial charge < -0.3 is 9.47 Å². The average Bonchev–Trinajstić information content (AvgIpc) is 3.07. The van der Waals surface area contributed by atoms with Crippen molar-refractivity contribution in [3.63, 3.8) is 0 Å². The molecule has 0 unspecified atom stereocenters. The summed E-state index contributed by atoms with van der Waals surface area (Å²) >= 11 is 0. The molecule has 1 aliphatic rings. The standard InChI is InChI=1S/C16H19FN4O3S/c17-15-4-3-13(25(18,23)24)8-14(15)16(22)21-6-1-2-12(10-21)9-20-7-5-19-11-20/h3-5,7-8,11-12H,1-2,6,9-10H2,(H2,18,23,24)/t12-/m0/s1. The van der Waals surface area contributed by atoms with Crippen LogP contribution in [0.15, 0.2) is 41.8 Å². The molecule has 0 spiro atoms. The SMILES string of the molecule is NS(=O)(=O)c1ccc(F)c(C(=O)N2CCC[C@@H](Cn3ccnc3)C2)c1. The van der Waals surface area contributed by atoms with E-state index >= 15 is 0 Å². The van der Waals surface area contributed by atoms with Crippen molar-refractivity contribution in [3.05, 3.63) is 48.3 Å². The zero-order valence-electron chi connectivity index (χ0n) is 13.5. The fourth-order valence-corrected chi connectivity index (χ4v) is 3.65. The highest BCUT2D eigenvalue weighted by atomic mass is 32.2. The number of rotatable bonds is 4. The Morgan fingerprint density at radius 3 is 2.88 bits per heavy atom. The first kappa shape index (κ1) is 17.6. The molecule has 1 fully saturated rings. The quantitative estimate of drug-likeness (QED) is 0.880. The fraction of sp³-hybridized carbons (Fsp3) is 0.375. The Hall–Kier alpha value is -2.26. The summed E-state index contributed by atoms with van der Waals surface area (Å²) in [7, 11) is -4.00. The molecule has 0 aliphatic carbocycles. The lowest BCUT2D eigenvalue weighted by Gasteiger charge is -2.33. The lowest BCUT2D eigenvalue weighted by atomic mass is 9.97. The number of amides is 1. The molecule has 0 saturated carbocycles. The highest BCUT2D eigenvalue weighted by Crippen LogP contribution is 2.22. The van der Waals surface area contributed by atoms with E-state index in [9.17, 15) is 17.6 Å². The van der Waals surface area contributed by atoms with Crippen molar-refractivity contribution in [3.8, 4) is 0 Å². The molecule has 2 aromatic rings. The third-order valence-electron chi connectivity index (χ3n) is 4.33. The van der Waals surface area contributed by atoms with Gasteiger partial charge in [-0.1, -0.05) is 0 Å². The lowest BCUT2D eigenvalue weighted by molar-refractivity contribution is 0.0657. The van der Waals surface area contributed by atoms with Crippen molar-refractivity contribution in [2.75, 3.05) is 13.1 Å². The molecular formula is C16H19FN4O3S. The molecule has 1 aliphatic heterocycles. The van der Waals surface area contributed by atoms with Crippen molar-refractivity contribution < 1.29 is 17.6 Å². The van der Waals surface area contributed by atoms with Crippen LogP contribution in [-0.4, -0.2) is 41.9 Å². The van der Waals surface area contributed by atoms with Gasteiger partial charge in [-0.15, -0.1) is 0 Å². The first-order chi connectivity index (χ1) is 11.8. The van der Waals surface area contributed by atoms with Gasteiger partial charge in [0.15, 0.2) is 0 Å². The van der Waals surface area contributed by atoms with E-state index in [0.717, 1.165) is 37.6 Å². The van der Waals surface area contributed by atoms with Gasteiger partial charge in [-0.2, -0.15) is 0 Å². The molecule has 2 N–H and O–H groups in total. The first-order valence-electron chi connectivity index (χ1n) is 7.92. The van der Waals surface area contributed by atoms with Gasteiger partial charge in [0.2, 0.25) is 10.0 Å². The number of piperidine rings is 1. The molecule has 3 rings (SSSR count). The van der Waals surface area contributed by atoms with Gasteiger partial charge in [-0.3, -0.25) is 4.79 Å².